The molecule has 0 bridgehead atoms. The molecule has 0 saturated heterocycles. The van der Waals surface area contributed by atoms with E-state index in [-0.39, 0.29) is 16.9 Å². The van der Waals surface area contributed by atoms with Gasteiger partial charge in [-0.05, 0) is 19.1 Å². The lowest BCUT2D eigenvalue weighted by atomic mass is 9.92. The molecule has 1 aromatic carbocycles. The quantitative estimate of drug-likeness (QED) is 0.774. The summed E-state index contributed by atoms with van der Waals surface area (Å²) in [5, 5.41) is 2.53. The Labute approximate surface area is 96.3 Å². The van der Waals surface area contributed by atoms with Gasteiger partial charge in [-0.25, -0.2) is 9.38 Å². The van der Waals surface area contributed by atoms with E-state index in [1.165, 1.54) is 12.1 Å². The maximum absolute atomic E-state index is 12.9. The maximum atomic E-state index is 12.9. The third kappa shape index (κ3) is 1.53. The van der Waals surface area contributed by atoms with Gasteiger partial charge in [-0.15, -0.1) is 0 Å². The van der Waals surface area contributed by atoms with Crippen molar-refractivity contribution in [3.63, 3.8) is 0 Å². The van der Waals surface area contributed by atoms with Crippen molar-refractivity contribution < 1.29 is 9.18 Å². The zero-order chi connectivity index (χ0) is 11.9. The predicted molar refractivity (Wildman–Crippen MR) is 58.5 cm³/mol. The van der Waals surface area contributed by atoms with E-state index >= 15 is 0 Å². The number of carbonyl (C=O) groups excluding carboxylic acids is 1. The summed E-state index contributed by atoms with van der Waals surface area (Å²) >= 11 is 5.88. The fourth-order valence-corrected chi connectivity index (χ4v) is 1.98. The Morgan fingerprint density at radius 2 is 2.25 bits per heavy atom. The number of hydrogen-bond donors (Lipinski definition) is 2. The molecule has 4 nitrogen and oxygen atoms in total. The average molecular weight is 242 g/mol. The highest BCUT2D eigenvalue weighted by molar-refractivity contribution is 6.32. The molecule has 6 heteroatoms. The van der Waals surface area contributed by atoms with Crippen LogP contribution in [0.5, 0.6) is 0 Å². The molecule has 3 N–H and O–H groups in total. The lowest BCUT2D eigenvalue weighted by molar-refractivity contribution is -0.123. The molecule has 1 aromatic rings. The van der Waals surface area contributed by atoms with E-state index in [4.69, 9.17) is 17.3 Å². The molecule has 0 radical (unpaired) electrons. The Kier molecular flexibility index (Phi) is 2.35. The van der Waals surface area contributed by atoms with Crippen molar-refractivity contribution in [2.45, 2.75) is 12.5 Å². The molecule has 2 rings (SSSR count). The van der Waals surface area contributed by atoms with Crippen molar-refractivity contribution in [1.29, 1.82) is 0 Å². The lowest BCUT2D eigenvalue weighted by Crippen LogP contribution is -2.37. The number of nitrogens with one attached hydrogen (secondary N) is 1. The van der Waals surface area contributed by atoms with Crippen molar-refractivity contribution >= 4 is 23.5 Å². The highest BCUT2D eigenvalue weighted by Gasteiger charge is 2.41. The standard InChI is InChI=1S/C10H9ClFN3O/c1-10(8(16)14-9(13)15-10)6-3-2-5(12)4-7(6)11/h2-4H,1H3,(H3,13,14,15,16). The zero-order valence-corrected chi connectivity index (χ0v) is 9.18. The summed E-state index contributed by atoms with van der Waals surface area (Å²) in [6.07, 6.45) is 0. The molecule has 1 heterocycles. The maximum Gasteiger partial charge on any atom is 0.259 e. The minimum atomic E-state index is -1.19. The molecule has 0 fully saturated rings. The molecule has 1 atom stereocenters. The van der Waals surface area contributed by atoms with Crippen molar-refractivity contribution in [3.8, 4) is 0 Å². The van der Waals surface area contributed by atoms with Crippen LogP contribution in [0, 0.1) is 5.82 Å². The van der Waals surface area contributed by atoms with Crippen LogP contribution >= 0.6 is 11.6 Å². The number of guanidine groups is 1. The average Bonchev–Trinajstić information content (AvgIpc) is 2.40. The topological polar surface area (TPSA) is 67.5 Å². The summed E-state index contributed by atoms with van der Waals surface area (Å²) in [5.74, 6) is -0.806. The van der Waals surface area contributed by atoms with Gasteiger partial charge in [-0.2, -0.15) is 0 Å². The zero-order valence-electron chi connectivity index (χ0n) is 8.42. The van der Waals surface area contributed by atoms with Gasteiger partial charge < -0.3 is 5.73 Å². The van der Waals surface area contributed by atoms with Crippen LogP contribution in [0.3, 0.4) is 0 Å². The highest BCUT2D eigenvalue weighted by atomic mass is 35.5. The van der Waals surface area contributed by atoms with Gasteiger partial charge in [0.2, 0.25) is 0 Å². The summed E-state index contributed by atoms with van der Waals surface area (Å²) in [7, 11) is 0. The van der Waals surface area contributed by atoms with Gasteiger partial charge in [0.05, 0.1) is 0 Å². The minimum Gasteiger partial charge on any atom is -0.370 e. The fraction of sp³-hybridized carbons (Fsp3) is 0.200. The van der Waals surface area contributed by atoms with Gasteiger partial charge in [0.1, 0.15) is 5.82 Å². The smallest absolute Gasteiger partial charge is 0.259 e. The molecule has 0 aromatic heterocycles. The Morgan fingerprint density at radius 1 is 1.56 bits per heavy atom. The molecule has 1 amide bonds. The first-order valence-electron chi connectivity index (χ1n) is 4.56. The number of hydrogen-bond acceptors (Lipinski definition) is 3. The summed E-state index contributed by atoms with van der Waals surface area (Å²) in [4.78, 5) is 15.7. The third-order valence-corrected chi connectivity index (χ3v) is 2.80. The Hall–Kier alpha value is -1.62. The lowest BCUT2D eigenvalue weighted by Gasteiger charge is -2.19. The van der Waals surface area contributed by atoms with E-state index in [0.717, 1.165) is 6.07 Å². The van der Waals surface area contributed by atoms with Crippen LogP contribution in [-0.4, -0.2) is 11.9 Å². The van der Waals surface area contributed by atoms with Crippen LogP contribution in [0.15, 0.2) is 23.2 Å². The second-order valence-corrected chi connectivity index (χ2v) is 4.05. The molecule has 84 valence electrons. The number of benzene rings is 1. The molecular weight excluding hydrogens is 233 g/mol. The van der Waals surface area contributed by atoms with Gasteiger partial charge in [-0.3, -0.25) is 10.1 Å². The van der Waals surface area contributed by atoms with Crippen LogP contribution in [-0.2, 0) is 10.3 Å². The second kappa shape index (κ2) is 3.45. The van der Waals surface area contributed by atoms with E-state index in [9.17, 15) is 9.18 Å². The van der Waals surface area contributed by atoms with Crippen LogP contribution in [0.25, 0.3) is 0 Å². The number of halogens is 2. The largest absolute Gasteiger partial charge is 0.370 e. The molecule has 1 unspecified atom stereocenters. The first-order chi connectivity index (χ1) is 7.43. The van der Waals surface area contributed by atoms with Crippen molar-refractivity contribution in [1.82, 2.24) is 5.32 Å². The summed E-state index contributed by atoms with van der Waals surface area (Å²) < 4.78 is 12.9. The fourth-order valence-electron chi connectivity index (χ4n) is 1.62. The molecule has 0 saturated carbocycles. The molecule has 0 spiro atoms. The van der Waals surface area contributed by atoms with E-state index in [2.05, 4.69) is 10.3 Å². The summed E-state index contributed by atoms with van der Waals surface area (Å²) in [6, 6.07) is 3.79. The Bertz CT molecular complexity index is 503. The third-order valence-electron chi connectivity index (χ3n) is 2.48. The number of carbonyl (C=O) groups is 1. The van der Waals surface area contributed by atoms with Gasteiger partial charge in [0.15, 0.2) is 11.5 Å². The van der Waals surface area contributed by atoms with Gasteiger partial charge >= 0.3 is 0 Å². The highest BCUT2D eigenvalue weighted by Crippen LogP contribution is 2.34. The van der Waals surface area contributed by atoms with Crippen LogP contribution < -0.4 is 11.1 Å². The van der Waals surface area contributed by atoms with Crippen molar-refractivity contribution in [3.05, 3.63) is 34.6 Å². The molecular formula is C10H9ClFN3O. The summed E-state index contributed by atoms with van der Waals surface area (Å²) in [6.45, 7) is 1.57. The first-order valence-corrected chi connectivity index (χ1v) is 4.93. The molecule has 1 aliphatic heterocycles. The van der Waals surface area contributed by atoms with Crippen LogP contribution in [0.1, 0.15) is 12.5 Å². The van der Waals surface area contributed by atoms with Gasteiger partial charge in [0.25, 0.3) is 5.91 Å². The van der Waals surface area contributed by atoms with E-state index in [1.807, 2.05) is 0 Å². The number of rotatable bonds is 1. The van der Waals surface area contributed by atoms with Gasteiger partial charge in [0, 0.05) is 10.6 Å². The van der Waals surface area contributed by atoms with Crippen molar-refractivity contribution in [2.75, 3.05) is 0 Å². The van der Waals surface area contributed by atoms with E-state index in [0.29, 0.717) is 5.56 Å². The molecule has 16 heavy (non-hydrogen) atoms. The van der Waals surface area contributed by atoms with Crippen LogP contribution in [0.4, 0.5) is 4.39 Å². The van der Waals surface area contributed by atoms with E-state index < -0.39 is 11.4 Å². The number of aliphatic imine (C=N–C) groups is 1. The molecule has 1 aliphatic rings. The minimum absolute atomic E-state index is 0.0351. The monoisotopic (exact) mass is 241 g/mol. The number of amides is 1. The predicted octanol–water partition coefficient (Wildman–Crippen LogP) is 1.14. The number of nitrogens with two attached hydrogens (primary N) is 1. The van der Waals surface area contributed by atoms with Gasteiger partial charge in [-0.1, -0.05) is 17.7 Å². The van der Waals surface area contributed by atoms with E-state index in [1.54, 1.807) is 6.92 Å². The Morgan fingerprint density at radius 3 is 2.75 bits per heavy atom. The second-order valence-electron chi connectivity index (χ2n) is 3.65. The first kappa shape index (κ1) is 10.9. The molecule has 0 aliphatic carbocycles. The SMILES string of the molecule is CC1(c2ccc(F)cc2Cl)N=C(N)NC1=O. The summed E-state index contributed by atoms with van der Waals surface area (Å²) in [5.41, 5.74) is 4.66. The Balaban J connectivity index is 2.56. The number of nitrogens with zero attached hydrogens (tertiary/aromatic N) is 1. The van der Waals surface area contributed by atoms with Crippen LogP contribution in [0.2, 0.25) is 5.02 Å². The normalized spacial score (nSPS) is 24.2. The van der Waals surface area contributed by atoms with Crippen molar-refractivity contribution in [2.24, 2.45) is 10.7 Å².